The van der Waals surface area contributed by atoms with Gasteiger partial charge in [-0.15, -0.1) is 0 Å². The van der Waals surface area contributed by atoms with E-state index in [0.29, 0.717) is 33.8 Å². The van der Waals surface area contributed by atoms with E-state index in [1.165, 1.54) is 26.4 Å². The highest BCUT2D eigenvalue weighted by Gasteiger charge is 2.28. The molecular weight excluding hydrogens is 412 g/mol. The zero-order chi connectivity index (χ0) is 22.7. The zero-order valence-electron chi connectivity index (χ0n) is 17.3. The summed E-state index contributed by atoms with van der Waals surface area (Å²) in [6.45, 7) is 0. The van der Waals surface area contributed by atoms with Crippen molar-refractivity contribution in [3.05, 3.63) is 94.7 Å². The van der Waals surface area contributed by atoms with Crippen LogP contribution in [0.4, 0.5) is 0 Å². The van der Waals surface area contributed by atoms with Crippen LogP contribution in [0.15, 0.2) is 72.5 Å². The molecule has 3 aromatic carbocycles. The Labute approximate surface area is 183 Å². The third kappa shape index (κ3) is 4.22. The molecule has 0 fully saturated rings. The molecule has 0 unspecified atom stereocenters. The van der Waals surface area contributed by atoms with Gasteiger partial charge >= 0.3 is 11.9 Å². The third-order valence-corrected chi connectivity index (χ3v) is 4.79. The first kappa shape index (κ1) is 20.9. The summed E-state index contributed by atoms with van der Waals surface area (Å²) in [4.78, 5) is 36.6. The quantitative estimate of drug-likeness (QED) is 0.338. The summed E-state index contributed by atoms with van der Waals surface area (Å²) in [6.07, 6.45) is 1.57. The Morgan fingerprint density at radius 1 is 0.844 bits per heavy atom. The van der Waals surface area contributed by atoms with E-state index in [1.54, 1.807) is 60.7 Å². The van der Waals surface area contributed by atoms with Gasteiger partial charge in [0, 0.05) is 6.07 Å². The summed E-state index contributed by atoms with van der Waals surface area (Å²) in [5.41, 5.74) is 1.78. The second-order valence-electron chi connectivity index (χ2n) is 6.83. The lowest BCUT2D eigenvalue weighted by Gasteiger charge is -2.07. The molecule has 0 aromatic heterocycles. The molecule has 0 radical (unpaired) electrons. The van der Waals surface area contributed by atoms with Gasteiger partial charge in [-0.1, -0.05) is 18.2 Å². The van der Waals surface area contributed by atoms with Crippen molar-refractivity contribution in [2.45, 2.75) is 0 Å². The summed E-state index contributed by atoms with van der Waals surface area (Å²) in [6, 6.07) is 17.7. The number of fused-ring (bicyclic) bond motifs is 1. The van der Waals surface area contributed by atoms with E-state index in [0.717, 1.165) is 0 Å². The molecule has 160 valence electrons. The van der Waals surface area contributed by atoms with Crippen LogP contribution in [0, 0.1) is 0 Å². The minimum atomic E-state index is -0.561. The Hall–Kier alpha value is -4.39. The molecule has 0 aliphatic carbocycles. The predicted molar refractivity (Wildman–Crippen MR) is 115 cm³/mol. The average molecular weight is 430 g/mol. The van der Waals surface area contributed by atoms with E-state index in [2.05, 4.69) is 4.74 Å². The number of ketones is 1. The minimum absolute atomic E-state index is 0.127. The second-order valence-corrected chi connectivity index (χ2v) is 6.83. The third-order valence-electron chi connectivity index (χ3n) is 4.79. The van der Waals surface area contributed by atoms with Gasteiger partial charge in [-0.3, -0.25) is 4.79 Å². The first-order chi connectivity index (χ1) is 15.5. The van der Waals surface area contributed by atoms with Gasteiger partial charge in [-0.05, 0) is 54.1 Å². The van der Waals surface area contributed by atoms with Gasteiger partial charge in [0.2, 0.25) is 5.78 Å². The lowest BCUT2D eigenvalue weighted by molar-refractivity contribution is 0.0600. The monoisotopic (exact) mass is 430 g/mol. The Morgan fingerprint density at radius 2 is 1.62 bits per heavy atom. The number of benzene rings is 3. The van der Waals surface area contributed by atoms with E-state index in [-0.39, 0.29) is 17.3 Å². The maximum Gasteiger partial charge on any atom is 0.343 e. The molecule has 0 N–H and O–H groups in total. The molecule has 7 heteroatoms. The molecule has 32 heavy (non-hydrogen) atoms. The van der Waals surface area contributed by atoms with E-state index in [1.807, 2.05) is 0 Å². The number of methoxy groups -OCH3 is 2. The van der Waals surface area contributed by atoms with Crippen molar-refractivity contribution >= 4 is 23.8 Å². The van der Waals surface area contributed by atoms with Gasteiger partial charge < -0.3 is 18.9 Å². The van der Waals surface area contributed by atoms with Crippen LogP contribution in [0.25, 0.3) is 6.08 Å². The molecule has 1 aliphatic rings. The molecule has 0 amide bonds. The highest BCUT2D eigenvalue weighted by molar-refractivity contribution is 6.14. The number of ether oxygens (including phenoxy) is 4. The fraction of sp³-hybridized carbons (Fsp3) is 0.0800. The van der Waals surface area contributed by atoms with E-state index >= 15 is 0 Å². The van der Waals surface area contributed by atoms with Crippen molar-refractivity contribution in [3.63, 3.8) is 0 Å². The van der Waals surface area contributed by atoms with Crippen molar-refractivity contribution in [1.29, 1.82) is 0 Å². The van der Waals surface area contributed by atoms with Gasteiger partial charge in [0.05, 0.1) is 30.9 Å². The minimum Gasteiger partial charge on any atom is -0.497 e. The Kier molecular flexibility index (Phi) is 5.72. The summed E-state index contributed by atoms with van der Waals surface area (Å²) in [5.74, 6) is -0.0894. The number of hydrogen-bond donors (Lipinski definition) is 0. The fourth-order valence-electron chi connectivity index (χ4n) is 3.13. The maximum absolute atomic E-state index is 12.7. The molecule has 0 spiro atoms. The molecule has 0 bridgehead atoms. The topological polar surface area (TPSA) is 88.1 Å². The number of esters is 2. The van der Waals surface area contributed by atoms with Crippen molar-refractivity contribution in [2.75, 3.05) is 14.2 Å². The van der Waals surface area contributed by atoms with Gasteiger partial charge in [-0.25, -0.2) is 9.59 Å². The smallest absolute Gasteiger partial charge is 0.343 e. The molecule has 4 rings (SSSR count). The highest BCUT2D eigenvalue weighted by Crippen LogP contribution is 2.35. The summed E-state index contributed by atoms with van der Waals surface area (Å²) < 4.78 is 20.9. The van der Waals surface area contributed by atoms with Crippen LogP contribution in [0.1, 0.15) is 36.6 Å². The van der Waals surface area contributed by atoms with Crippen LogP contribution < -0.4 is 14.2 Å². The largest absolute Gasteiger partial charge is 0.497 e. The van der Waals surface area contributed by atoms with Crippen molar-refractivity contribution < 1.29 is 33.3 Å². The Bertz CT molecular complexity index is 1240. The zero-order valence-corrected chi connectivity index (χ0v) is 17.3. The number of carbonyl (C=O) groups excluding carboxylic acids is 3. The molecule has 1 aliphatic heterocycles. The van der Waals surface area contributed by atoms with Crippen molar-refractivity contribution in [3.8, 4) is 17.2 Å². The van der Waals surface area contributed by atoms with Gasteiger partial charge in [0.1, 0.15) is 17.2 Å². The van der Waals surface area contributed by atoms with Crippen molar-refractivity contribution in [1.82, 2.24) is 0 Å². The Morgan fingerprint density at radius 3 is 2.34 bits per heavy atom. The predicted octanol–water partition coefficient (Wildman–Crippen LogP) is 4.32. The number of rotatable bonds is 5. The maximum atomic E-state index is 12.7. The molecule has 3 aromatic rings. The average Bonchev–Trinajstić information content (AvgIpc) is 3.13. The lowest BCUT2D eigenvalue weighted by Crippen LogP contribution is -2.08. The standard InChI is InChI=1S/C25H18O7/c1-29-18-5-3-4-17(13-18)25(28)31-19-10-11-20-21(14-19)32-22(23(20)26)12-15-6-8-16(9-7-15)24(27)30-2/h3-14H,1-2H3/b22-12-. The molecular formula is C25H18O7. The summed E-state index contributed by atoms with van der Waals surface area (Å²) in [5, 5.41) is 0. The van der Waals surface area contributed by atoms with Crippen LogP contribution >= 0.6 is 0 Å². The number of Topliss-reactive ketones (excluding diaryl/α,β-unsaturated/α-hetero) is 1. The fourth-order valence-corrected chi connectivity index (χ4v) is 3.13. The molecule has 0 saturated heterocycles. The summed E-state index contributed by atoms with van der Waals surface area (Å²) >= 11 is 0. The van der Waals surface area contributed by atoms with Gasteiger partial charge in [-0.2, -0.15) is 0 Å². The highest BCUT2D eigenvalue weighted by atomic mass is 16.5. The van der Waals surface area contributed by atoms with Crippen LogP contribution in [0.3, 0.4) is 0 Å². The SMILES string of the molecule is COC(=O)c1ccc(/C=C2\Oc3cc(OC(=O)c4cccc(OC)c4)ccc3C2=O)cc1. The van der Waals surface area contributed by atoms with Gasteiger partial charge in [0.15, 0.2) is 5.76 Å². The molecule has 0 saturated carbocycles. The van der Waals surface area contributed by atoms with Crippen LogP contribution in [-0.4, -0.2) is 31.9 Å². The lowest BCUT2D eigenvalue weighted by atomic mass is 10.1. The first-order valence-corrected chi connectivity index (χ1v) is 9.61. The molecule has 7 nitrogen and oxygen atoms in total. The second kappa shape index (κ2) is 8.77. The number of hydrogen-bond acceptors (Lipinski definition) is 7. The van der Waals surface area contributed by atoms with Crippen LogP contribution in [-0.2, 0) is 4.74 Å². The molecule has 0 atom stereocenters. The van der Waals surface area contributed by atoms with E-state index in [4.69, 9.17) is 14.2 Å². The normalized spacial score (nSPS) is 13.3. The number of allylic oxidation sites excluding steroid dienone is 1. The van der Waals surface area contributed by atoms with Crippen LogP contribution in [0.2, 0.25) is 0 Å². The van der Waals surface area contributed by atoms with E-state index in [9.17, 15) is 14.4 Å². The van der Waals surface area contributed by atoms with E-state index < -0.39 is 11.9 Å². The molecule has 1 heterocycles. The van der Waals surface area contributed by atoms with Gasteiger partial charge in [0.25, 0.3) is 0 Å². The van der Waals surface area contributed by atoms with Crippen LogP contribution in [0.5, 0.6) is 17.2 Å². The first-order valence-electron chi connectivity index (χ1n) is 9.61. The Balaban J connectivity index is 1.51. The number of carbonyl (C=O) groups is 3. The summed E-state index contributed by atoms with van der Waals surface area (Å²) in [7, 11) is 2.82. The van der Waals surface area contributed by atoms with Crippen molar-refractivity contribution in [2.24, 2.45) is 0 Å².